The number of ketones is 1. The zero-order valence-electron chi connectivity index (χ0n) is 28.6. The van der Waals surface area contributed by atoms with Gasteiger partial charge in [0.25, 0.3) is 5.91 Å². The Labute approximate surface area is 277 Å². The summed E-state index contributed by atoms with van der Waals surface area (Å²) >= 11 is 0. The van der Waals surface area contributed by atoms with E-state index in [9.17, 15) is 19.2 Å². The molecule has 0 spiro atoms. The van der Waals surface area contributed by atoms with Gasteiger partial charge in [0.1, 0.15) is 23.7 Å². The first-order chi connectivity index (χ1) is 22.4. The molecule has 0 unspecified atom stereocenters. The second kappa shape index (κ2) is 16.5. The van der Waals surface area contributed by atoms with Crippen LogP contribution in [0.4, 0.5) is 4.39 Å². The van der Waals surface area contributed by atoms with Gasteiger partial charge in [-0.25, -0.2) is 4.39 Å². The number of nitrogens with one attached hydrogen (secondary N) is 2. The number of nitrogens with zero attached hydrogens (tertiary/aromatic N) is 4. The van der Waals surface area contributed by atoms with Crippen LogP contribution in [0.5, 0.6) is 0 Å². The Hall–Kier alpha value is -3.64. The van der Waals surface area contributed by atoms with E-state index in [-0.39, 0.29) is 35.5 Å². The molecule has 4 rings (SSSR count). The van der Waals surface area contributed by atoms with Gasteiger partial charge >= 0.3 is 0 Å². The molecule has 1 aliphatic heterocycles. The summed E-state index contributed by atoms with van der Waals surface area (Å²) in [5.74, 6) is -1.89. The summed E-state index contributed by atoms with van der Waals surface area (Å²) in [6, 6.07) is 4.57. The number of hydrogen-bond acceptors (Lipinski definition) is 7. The molecule has 47 heavy (non-hydrogen) atoms. The zero-order valence-corrected chi connectivity index (χ0v) is 28.6. The van der Waals surface area contributed by atoms with Crippen LogP contribution in [0.1, 0.15) is 80.9 Å². The third-order valence-corrected chi connectivity index (χ3v) is 9.98. The first-order valence-corrected chi connectivity index (χ1v) is 16.9. The number of halogens is 1. The average molecular weight is 655 g/mol. The first kappa shape index (κ1) is 36.2. The van der Waals surface area contributed by atoms with Gasteiger partial charge in [-0.15, -0.1) is 0 Å². The normalized spacial score (nSPS) is 21.4. The van der Waals surface area contributed by atoms with E-state index in [0.717, 1.165) is 38.8 Å². The molecular weight excluding hydrogens is 603 g/mol. The summed E-state index contributed by atoms with van der Waals surface area (Å²) in [5, 5.41) is 9.99. The Balaban J connectivity index is 1.53. The van der Waals surface area contributed by atoms with E-state index < -0.39 is 35.8 Å². The van der Waals surface area contributed by atoms with Gasteiger partial charge in [-0.2, -0.15) is 5.10 Å². The number of ether oxygens (including phenoxy) is 1. The Morgan fingerprint density at radius 1 is 1.02 bits per heavy atom. The molecule has 2 heterocycles. The van der Waals surface area contributed by atoms with Crippen LogP contribution >= 0.6 is 0 Å². The average Bonchev–Trinajstić information content (AvgIpc) is 3.56. The van der Waals surface area contributed by atoms with Crippen LogP contribution in [-0.4, -0.2) is 102 Å². The van der Waals surface area contributed by atoms with Gasteiger partial charge in [-0.05, 0) is 68.8 Å². The fraction of sp³-hybridized carbons (Fsp3) is 0.629. The van der Waals surface area contributed by atoms with Gasteiger partial charge in [0, 0.05) is 58.4 Å². The number of piperazine rings is 1. The fourth-order valence-electron chi connectivity index (χ4n) is 6.56. The molecule has 1 aromatic heterocycles. The van der Waals surface area contributed by atoms with Gasteiger partial charge in [0.15, 0.2) is 5.78 Å². The third kappa shape index (κ3) is 9.04. The van der Waals surface area contributed by atoms with Crippen molar-refractivity contribution in [2.75, 3.05) is 40.3 Å². The number of likely N-dealkylation sites (N-methyl/N-ethyl adjacent to an activating group) is 1. The lowest BCUT2D eigenvalue weighted by Crippen LogP contribution is -2.56. The molecule has 1 aliphatic carbocycles. The van der Waals surface area contributed by atoms with E-state index in [1.807, 2.05) is 14.0 Å². The highest BCUT2D eigenvalue weighted by atomic mass is 19.1. The molecule has 2 aliphatic rings. The Morgan fingerprint density at radius 2 is 1.70 bits per heavy atom. The standard InChI is InChI=1S/C35H51FN6O5/c1-7-42-29(14-15-37-42)34(45)39-32(25-10-8-22(2)9-11-25)30(43)21-27-13-12-26(20-28(27)36)23(3)31(38-33(44)24(4)47-6)35(46)41-18-16-40(5)17-19-41/h12-15,20,22-25,31-32H,7-11,16-19,21H2,1-6H3,(H,38,44)(H,39,45)/t22?,23-,24-,25?,31+,32-/m0/s1. The minimum absolute atomic E-state index is 0.0394. The first-order valence-electron chi connectivity index (χ1n) is 16.9. The molecule has 0 bridgehead atoms. The number of rotatable bonds is 13. The van der Waals surface area contributed by atoms with Crippen LogP contribution in [0.15, 0.2) is 30.5 Å². The van der Waals surface area contributed by atoms with Gasteiger partial charge in [-0.1, -0.05) is 38.8 Å². The van der Waals surface area contributed by atoms with Crippen LogP contribution in [0.3, 0.4) is 0 Å². The van der Waals surface area contributed by atoms with Gasteiger partial charge in [0.05, 0.1) is 6.04 Å². The summed E-state index contributed by atoms with van der Waals surface area (Å²) in [7, 11) is 3.41. The number of benzene rings is 1. The van der Waals surface area contributed by atoms with Gasteiger partial charge in [-0.3, -0.25) is 23.9 Å². The highest BCUT2D eigenvalue weighted by Crippen LogP contribution is 2.32. The minimum atomic E-state index is -0.930. The van der Waals surface area contributed by atoms with Gasteiger partial charge in [0.2, 0.25) is 11.8 Å². The Kier molecular flexibility index (Phi) is 12.7. The highest BCUT2D eigenvalue weighted by Gasteiger charge is 2.36. The Morgan fingerprint density at radius 3 is 2.32 bits per heavy atom. The molecule has 1 saturated heterocycles. The number of aryl methyl sites for hydroxylation is 1. The minimum Gasteiger partial charge on any atom is -0.372 e. The highest BCUT2D eigenvalue weighted by molar-refractivity contribution is 5.97. The number of Topliss-reactive ketones (excluding diaryl/α,β-unsaturated/α-hetero) is 1. The van der Waals surface area contributed by atoms with E-state index in [2.05, 4.69) is 27.6 Å². The SMILES string of the molecule is CCn1nccc1C(=O)N[C@H](C(=O)Cc1ccc([C@H](C)[C@@H](NC(=O)[C@H](C)OC)C(=O)N2CCN(C)CC2)cc1F)C1CCC(C)CC1. The topological polar surface area (TPSA) is 126 Å². The molecule has 1 aromatic carbocycles. The number of methoxy groups -OCH3 is 1. The maximum Gasteiger partial charge on any atom is 0.270 e. The second-order valence-electron chi connectivity index (χ2n) is 13.3. The summed E-state index contributed by atoms with van der Waals surface area (Å²) in [4.78, 5) is 57.5. The van der Waals surface area contributed by atoms with Crippen molar-refractivity contribution in [3.8, 4) is 0 Å². The lowest BCUT2D eigenvalue weighted by molar-refractivity contribution is -0.140. The van der Waals surface area contributed by atoms with E-state index in [1.54, 1.807) is 47.8 Å². The van der Waals surface area contributed by atoms with Crippen LogP contribution in [0.25, 0.3) is 0 Å². The smallest absolute Gasteiger partial charge is 0.270 e. The lowest BCUT2D eigenvalue weighted by Gasteiger charge is -2.36. The summed E-state index contributed by atoms with van der Waals surface area (Å²) in [6.07, 6.45) is 4.15. The van der Waals surface area contributed by atoms with Crippen LogP contribution in [-0.2, 0) is 32.1 Å². The molecule has 12 heteroatoms. The number of carbonyl (C=O) groups is 4. The van der Waals surface area contributed by atoms with Crippen molar-refractivity contribution in [3.63, 3.8) is 0 Å². The summed E-state index contributed by atoms with van der Waals surface area (Å²) in [6.45, 7) is 10.5. The molecule has 0 radical (unpaired) electrons. The maximum absolute atomic E-state index is 15.8. The van der Waals surface area contributed by atoms with Crippen molar-refractivity contribution in [2.45, 2.75) is 90.4 Å². The number of aromatic nitrogens is 2. The van der Waals surface area contributed by atoms with Crippen molar-refractivity contribution < 1.29 is 28.3 Å². The summed E-state index contributed by atoms with van der Waals surface area (Å²) in [5.41, 5.74) is 1.12. The maximum atomic E-state index is 15.8. The summed E-state index contributed by atoms with van der Waals surface area (Å²) < 4.78 is 22.5. The predicted molar refractivity (Wildman–Crippen MR) is 176 cm³/mol. The van der Waals surface area contributed by atoms with Crippen molar-refractivity contribution in [1.82, 2.24) is 30.2 Å². The number of amides is 3. The van der Waals surface area contributed by atoms with Crippen LogP contribution in [0.2, 0.25) is 0 Å². The molecule has 4 atom stereocenters. The molecule has 2 N–H and O–H groups in total. The molecular formula is C35H51FN6O5. The largest absolute Gasteiger partial charge is 0.372 e. The fourth-order valence-corrected chi connectivity index (χ4v) is 6.56. The van der Waals surface area contributed by atoms with E-state index >= 15 is 4.39 Å². The monoisotopic (exact) mass is 654 g/mol. The van der Waals surface area contributed by atoms with E-state index in [1.165, 1.54) is 13.2 Å². The predicted octanol–water partition coefficient (Wildman–Crippen LogP) is 3.18. The van der Waals surface area contributed by atoms with Crippen molar-refractivity contribution in [2.24, 2.45) is 11.8 Å². The molecule has 1 saturated carbocycles. The van der Waals surface area contributed by atoms with Crippen molar-refractivity contribution >= 4 is 23.5 Å². The second-order valence-corrected chi connectivity index (χ2v) is 13.3. The number of hydrogen-bond donors (Lipinski definition) is 2. The van der Waals surface area contributed by atoms with E-state index in [0.29, 0.717) is 36.8 Å². The lowest BCUT2D eigenvalue weighted by atomic mass is 9.77. The van der Waals surface area contributed by atoms with Crippen molar-refractivity contribution in [3.05, 3.63) is 53.1 Å². The molecule has 258 valence electrons. The van der Waals surface area contributed by atoms with E-state index in [4.69, 9.17) is 4.74 Å². The molecule has 11 nitrogen and oxygen atoms in total. The molecule has 2 fully saturated rings. The van der Waals surface area contributed by atoms with Gasteiger partial charge < -0.3 is 25.2 Å². The van der Waals surface area contributed by atoms with Crippen molar-refractivity contribution in [1.29, 1.82) is 0 Å². The van der Waals surface area contributed by atoms with Crippen LogP contribution < -0.4 is 10.6 Å². The zero-order chi connectivity index (χ0) is 34.2. The quantitative estimate of drug-likeness (QED) is 0.340. The third-order valence-electron chi connectivity index (χ3n) is 9.98. The number of carbonyl (C=O) groups excluding carboxylic acids is 4. The molecule has 3 amide bonds. The Bertz CT molecular complexity index is 1400. The molecule has 2 aromatic rings. The van der Waals surface area contributed by atoms with Crippen LogP contribution in [0, 0.1) is 17.7 Å².